The van der Waals surface area contributed by atoms with Crippen LogP contribution in [0.25, 0.3) is 0 Å². The van der Waals surface area contributed by atoms with Crippen LogP contribution in [-0.2, 0) is 28.2 Å². The Morgan fingerprint density at radius 2 is 1.39 bits per heavy atom. The van der Waals surface area contributed by atoms with Crippen LogP contribution in [-0.4, -0.2) is 63.5 Å². The summed E-state index contributed by atoms with van der Waals surface area (Å²) in [7, 11) is -4.81. The lowest BCUT2D eigenvalue weighted by molar-refractivity contribution is -0.161. The van der Waals surface area contributed by atoms with Crippen molar-refractivity contribution in [3.63, 3.8) is 0 Å². The first-order valence-electron chi connectivity index (χ1n) is 17.9. The summed E-state index contributed by atoms with van der Waals surface area (Å²) >= 11 is 0. The van der Waals surface area contributed by atoms with Crippen LogP contribution >= 0.6 is 7.82 Å². The molecule has 280 valence electrons. The maximum absolute atomic E-state index is 12.3. The highest BCUT2D eigenvalue weighted by Crippen LogP contribution is 2.36. The molecule has 0 aliphatic carbocycles. The predicted molar refractivity (Wildman–Crippen MR) is 195 cm³/mol. The summed E-state index contributed by atoms with van der Waals surface area (Å²) in [5.74, 6) is -0.314. The van der Waals surface area contributed by atoms with Gasteiger partial charge in [-0.3, -0.25) is 14.1 Å². The van der Waals surface area contributed by atoms with Crippen molar-refractivity contribution in [1.29, 1.82) is 0 Å². The molecule has 0 aromatic rings. The molecular weight excluding hydrogens is 647 g/mol. The number of aliphatic hydroxyl groups is 2. The number of aliphatic hydroxyl groups excluding tert-OH is 2. The highest BCUT2D eigenvalue weighted by atomic mass is 31.2. The second-order valence-electron chi connectivity index (χ2n) is 12.1. The van der Waals surface area contributed by atoms with Crippen LogP contribution in [0.3, 0.4) is 0 Å². The number of allylic oxidation sites excluding steroid dienone is 8. The standard InChI is InChI=1S/C38H63O10P/c1-4-6-17-25-34(39)26-19-13-8-7-9-14-20-27-35(40)28-21-16-23-30-38(42)48-36(32-47-49(43,44)45)31-46-37(41)29-22-15-11-10-12-18-24-33(3)5-2/h6,8-9,13-14,17,19-21,26-28,33-36,39-40H,4-5,7,10-12,15-16,18,22-25,29-32H2,1-3H3,(H2,43,44,45)/b13-8-,14-9-,17-6-,26-19+,27-20+,28-21-/t33?,34-,35-,36+/m0/s1. The predicted octanol–water partition coefficient (Wildman–Crippen LogP) is 8.14. The molecule has 0 fully saturated rings. The van der Waals surface area contributed by atoms with E-state index in [0.29, 0.717) is 32.1 Å². The van der Waals surface area contributed by atoms with Gasteiger partial charge in [0.1, 0.15) is 6.61 Å². The molecule has 0 aliphatic rings. The van der Waals surface area contributed by atoms with Gasteiger partial charge in [-0.05, 0) is 44.4 Å². The monoisotopic (exact) mass is 710 g/mol. The first-order valence-corrected chi connectivity index (χ1v) is 19.4. The van der Waals surface area contributed by atoms with E-state index < -0.39 is 44.7 Å². The minimum atomic E-state index is -4.81. The Morgan fingerprint density at radius 1 is 0.735 bits per heavy atom. The van der Waals surface area contributed by atoms with E-state index in [4.69, 9.17) is 19.3 Å². The highest BCUT2D eigenvalue weighted by molar-refractivity contribution is 7.46. The molecule has 0 saturated carbocycles. The van der Waals surface area contributed by atoms with Gasteiger partial charge in [0.15, 0.2) is 6.10 Å². The first kappa shape index (κ1) is 46.4. The number of unbranched alkanes of at least 4 members (excludes halogenated alkanes) is 6. The van der Waals surface area contributed by atoms with Crippen LogP contribution in [0.2, 0.25) is 0 Å². The van der Waals surface area contributed by atoms with E-state index in [0.717, 1.165) is 31.6 Å². The average molecular weight is 711 g/mol. The van der Waals surface area contributed by atoms with Crippen molar-refractivity contribution in [2.24, 2.45) is 5.92 Å². The lowest BCUT2D eigenvalue weighted by Gasteiger charge is -2.18. The second kappa shape index (κ2) is 31.4. The van der Waals surface area contributed by atoms with Gasteiger partial charge in [-0.2, -0.15) is 0 Å². The van der Waals surface area contributed by atoms with E-state index in [9.17, 15) is 24.4 Å². The number of phosphoric acid groups is 1. The van der Waals surface area contributed by atoms with Crippen molar-refractivity contribution in [1.82, 2.24) is 0 Å². The van der Waals surface area contributed by atoms with Gasteiger partial charge in [0.2, 0.25) is 0 Å². The number of carbonyl (C=O) groups is 2. The zero-order valence-corrected chi connectivity index (χ0v) is 30.8. The zero-order valence-electron chi connectivity index (χ0n) is 29.9. The third kappa shape index (κ3) is 33.7. The Kier molecular flexibility index (Phi) is 29.7. The van der Waals surface area contributed by atoms with Gasteiger partial charge in [-0.15, -0.1) is 0 Å². The molecule has 0 rings (SSSR count). The Balaban J connectivity index is 4.33. The van der Waals surface area contributed by atoms with Crippen molar-refractivity contribution in [3.05, 3.63) is 72.9 Å². The minimum absolute atomic E-state index is 0.0221. The number of ether oxygens (including phenoxy) is 2. The summed E-state index contributed by atoms with van der Waals surface area (Å²) in [6.07, 6.45) is 31.5. The topological polar surface area (TPSA) is 160 Å². The van der Waals surface area contributed by atoms with Crippen molar-refractivity contribution in [3.8, 4) is 0 Å². The molecule has 0 aliphatic heterocycles. The van der Waals surface area contributed by atoms with E-state index >= 15 is 0 Å². The first-order chi connectivity index (χ1) is 23.5. The van der Waals surface area contributed by atoms with Gasteiger partial charge in [0, 0.05) is 12.8 Å². The summed E-state index contributed by atoms with van der Waals surface area (Å²) < 4.78 is 26.1. The van der Waals surface area contributed by atoms with E-state index in [2.05, 4.69) is 18.4 Å². The number of rotatable bonds is 30. The molecule has 0 bridgehead atoms. The molecule has 0 spiro atoms. The number of phosphoric ester groups is 1. The fourth-order valence-electron chi connectivity index (χ4n) is 4.38. The molecule has 4 N–H and O–H groups in total. The third-order valence-electron chi connectivity index (χ3n) is 7.45. The summed E-state index contributed by atoms with van der Waals surface area (Å²) in [5.41, 5.74) is 0. The maximum atomic E-state index is 12.3. The lowest BCUT2D eigenvalue weighted by Crippen LogP contribution is -2.29. The van der Waals surface area contributed by atoms with Crippen LogP contribution in [0.1, 0.15) is 117 Å². The molecule has 4 atom stereocenters. The summed E-state index contributed by atoms with van der Waals surface area (Å²) in [5, 5.41) is 19.9. The van der Waals surface area contributed by atoms with Gasteiger partial charge in [0.05, 0.1) is 18.8 Å². The Bertz CT molecular complexity index is 1070. The fraction of sp³-hybridized carbons (Fsp3) is 0.632. The summed E-state index contributed by atoms with van der Waals surface area (Å²) in [6, 6.07) is 0. The van der Waals surface area contributed by atoms with Crippen LogP contribution in [0.15, 0.2) is 72.9 Å². The number of hydrogen-bond donors (Lipinski definition) is 4. The molecule has 0 radical (unpaired) electrons. The molecule has 0 saturated heterocycles. The quantitative estimate of drug-likeness (QED) is 0.0188. The van der Waals surface area contributed by atoms with Crippen LogP contribution in [0.4, 0.5) is 0 Å². The zero-order chi connectivity index (χ0) is 36.6. The molecule has 0 aromatic heterocycles. The molecule has 11 heteroatoms. The average Bonchev–Trinajstić information content (AvgIpc) is 3.05. The van der Waals surface area contributed by atoms with E-state index in [1.54, 1.807) is 30.4 Å². The van der Waals surface area contributed by atoms with Gasteiger partial charge >= 0.3 is 19.8 Å². The summed E-state index contributed by atoms with van der Waals surface area (Å²) in [6.45, 7) is 5.56. The lowest BCUT2D eigenvalue weighted by atomic mass is 10.00. The van der Waals surface area contributed by atoms with Crippen LogP contribution in [0.5, 0.6) is 0 Å². The molecular formula is C38H63O10P. The molecule has 0 heterocycles. The maximum Gasteiger partial charge on any atom is 0.469 e. The molecule has 10 nitrogen and oxygen atoms in total. The van der Waals surface area contributed by atoms with Crippen molar-refractivity contribution >= 4 is 19.8 Å². The Hall–Kier alpha value is -2.59. The number of carbonyl (C=O) groups excluding carboxylic acids is 2. The van der Waals surface area contributed by atoms with Crippen LogP contribution < -0.4 is 0 Å². The van der Waals surface area contributed by atoms with E-state index in [-0.39, 0.29) is 19.4 Å². The van der Waals surface area contributed by atoms with Crippen molar-refractivity contribution < 1.29 is 48.2 Å². The van der Waals surface area contributed by atoms with Gasteiger partial charge in [0.25, 0.3) is 0 Å². The fourth-order valence-corrected chi connectivity index (χ4v) is 4.74. The van der Waals surface area contributed by atoms with Gasteiger partial charge < -0.3 is 29.5 Å². The van der Waals surface area contributed by atoms with E-state index in [1.807, 2.05) is 49.5 Å². The summed E-state index contributed by atoms with van der Waals surface area (Å²) in [4.78, 5) is 42.6. The molecule has 1 unspecified atom stereocenters. The Morgan fingerprint density at radius 3 is 2.06 bits per heavy atom. The minimum Gasteiger partial charge on any atom is -0.462 e. The SMILES string of the molecule is CC/C=C\C[C@H](O)/C=C/C=C\C/C=C\C=C\[C@H](O)/C=C\CCCC(=O)O[C@H](COC(=O)CCCCCCCCC(C)CC)COP(=O)(O)O. The normalized spacial score (nSPS) is 15.3. The third-order valence-corrected chi connectivity index (χ3v) is 7.94. The molecule has 0 amide bonds. The van der Waals surface area contributed by atoms with Crippen molar-refractivity contribution in [2.75, 3.05) is 13.2 Å². The highest BCUT2D eigenvalue weighted by Gasteiger charge is 2.22. The molecule has 49 heavy (non-hydrogen) atoms. The molecule has 0 aromatic carbocycles. The van der Waals surface area contributed by atoms with E-state index in [1.165, 1.54) is 25.7 Å². The smallest absolute Gasteiger partial charge is 0.462 e. The largest absolute Gasteiger partial charge is 0.469 e. The van der Waals surface area contributed by atoms with Gasteiger partial charge in [-0.1, -0.05) is 139 Å². The van der Waals surface area contributed by atoms with Crippen LogP contribution in [0, 0.1) is 5.92 Å². The van der Waals surface area contributed by atoms with Gasteiger partial charge in [-0.25, -0.2) is 4.57 Å². The number of esters is 2. The Labute approximate surface area is 294 Å². The number of hydrogen-bond acceptors (Lipinski definition) is 8. The van der Waals surface area contributed by atoms with Crippen molar-refractivity contribution in [2.45, 2.75) is 135 Å². The second-order valence-corrected chi connectivity index (χ2v) is 13.3.